The number of likely N-dealkylation sites (tertiary alicyclic amines) is 1. The number of anilines is 1. The highest BCUT2D eigenvalue weighted by Gasteiger charge is 2.24. The zero-order valence-corrected chi connectivity index (χ0v) is 20.9. The van der Waals surface area contributed by atoms with Crippen LogP contribution in [0.5, 0.6) is 0 Å². The monoisotopic (exact) mass is 533 g/mol. The lowest BCUT2D eigenvalue weighted by atomic mass is 10.1. The first-order valence-corrected chi connectivity index (χ1v) is 10.9. The maximum atomic E-state index is 14.8. The Morgan fingerprint density at radius 1 is 1.20 bits per heavy atom. The quantitative estimate of drug-likeness (QED) is 0.332. The van der Waals surface area contributed by atoms with Crippen molar-refractivity contribution in [1.82, 2.24) is 15.1 Å². The molecule has 2 saturated heterocycles. The fourth-order valence-electron chi connectivity index (χ4n) is 4.20. The molecule has 2 fully saturated rings. The second-order valence-electron chi connectivity index (χ2n) is 7.93. The SMILES string of the molecule is CCNC(=NCc1ccc(N2CCN(CC)CC2)c(F)c1)N1CCC(COC)C1.I. The Kier molecular flexibility index (Phi) is 10.6. The van der Waals surface area contributed by atoms with Gasteiger partial charge in [-0.15, -0.1) is 24.0 Å². The van der Waals surface area contributed by atoms with Crippen LogP contribution in [-0.2, 0) is 11.3 Å². The Labute approximate surface area is 197 Å². The number of halogens is 2. The standard InChI is InChI=1S/C22H36FN5O.HI/c1-4-24-22(28-9-8-19(16-28)17-29-3)25-15-18-6-7-21(20(23)14-18)27-12-10-26(5-2)11-13-27;/h6-7,14,19H,4-5,8-13,15-17H2,1-3H3,(H,24,25);1H. The number of likely N-dealkylation sites (N-methyl/N-ethyl adjacent to an activating group) is 1. The molecule has 0 saturated carbocycles. The summed E-state index contributed by atoms with van der Waals surface area (Å²) in [5.41, 5.74) is 1.61. The third kappa shape index (κ3) is 6.68. The zero-order valence-electron chi connectivity index (χ0n) is 18.6. The molecule has 1 N–H and O–H groups in total. The molecule has 0 spiro atoms. The van der Waals surface area contributed by atoms with Gasteiger partial charge in [-0.1, -0.05) is 13.0 Å². The van der Waals surface area contributed by atoms with Crippen LogP contribution in [0.25, 0.3) is 0 Å². The largest absolute Gasteiger partial charge is 0.384 e. The number of piperazine rings is 1. The molecular weight excluding hydrogens is 496 g/mol. The van der Waals surface area contributed by atoms with Crippen molar-refractivity contribution in [3.05, 3.63) is 29.6 Å². The molecule has 2 heterocycles. The highest BCUT2D eigenvalue weighted by Crippen LogP contribution is 2.23. The summed E-state index contributed by atoms with van der Waals surface area (Å²) < 4.78 is 20.1. The molecule has 1 aromatic rings. The van der Waals surface area contributed by atoms with Crippen LogP contribution in [0.2, 0.25) is 0 Å². The normalized spacial score (nSPS) is 20.4. The molecule has 1 atom stereocenters. The van der Waals surface area contributed by atoms with Crippen LogP contribution < -0.4 is 10.2 Å². The van der Waals surface area contributed by atoms with E-state index < -0.39 is 0 Å². The van der Waals surface area contributed by atoms with Gasteiger partial charge in [-0.2, -0.15) is 0 Å². The van der Waals surface area contributed by atoms with Crippen LogP contribution in [0.3, 0.4) is 0 Å². The number of methoxy groups -OCH3 is 1. The van der Waals surface area contributed by atoms with E-state index in [4.69, 9.17) is 9.73 Å². The lowest BCUT2D eigenvalue weighted by Crippen LogP contribution is -2.46. The Bertz CT molecular complexity index is 681. The number of nitrogens with one attached hydrogen (secondary N) is 1. The topological polar surface area (TPSA) is 43.3 Å². The fourth-order valence-corrected chi connectivity index (χ4v) is 4.20. The summed E-state index contributed by atoms with van der Waals surface area (Å²) in [6.07, 6.45) is 1.12. The van der Waals surface area contributed by atoms with Gasteiger partial charge in [0.05, 0.1) is 18.8 Å². The van der Waals surface area contributed by atoms with Crippen LogP contribution in [0.15, 0.2) is 23.2 Å². The van der Waals surface area contributed by atoms with E-state index >= 15 is 0 Å². The summed E-state index contributed by atoms with van der Waals surface area (Å²) in [6.45, 7) is 13.1. The van der Waals surface area contributed by atoms with E-state index in [1.807, 2.05) is 12.1 Å². The molecule has 0 bridgehead atoms. The molecule has 8 heteroatoms. The lowest BCUT2D eigenvalue weighted by Gasteiger charge is -2.35. The van der Waals surface area contributed by atoms with Crippen LogP contribution in [-0.4, -0.2) is 81.8 Å². The lowest BCUT2D eigenvalue weighted by molar-refractivity contribution is 0.157. The van der Waals surface area contributed by atoms with Crippen LogP contribution in [0.4, 0.5) is 10.1 Å². The number of hydrogen-bond donors (Lipinski definition) is 1. The van der Waals surface area contributed by atoms with Crippen LogP contribution >= 0.6 is 24.0 Å². The van der Waals surface area contributed by atoms with Gasteiger partial charge in [-0.05, 0) is 37.6 Å². The van der Waals surface area contributed by atoms with Gasteiger partial charge in [-0.25, -0.2) is 9.38 Å². The van der Waals surface area contributed by atoms with Gasteiger partial charge in [0.25, 0.3) is 0 Å². The van der Waals surface area contributed by atoms with Crippen molar-refractivity contribution >= 4 is 35.6 Å². The predicted molar refractivity (Wildman–Crippen MR) is 133 cm³/mol. The summed E-state index contributed by atoms with van der Waals surface area (Å²) in [7, 11) is 1.75. The van der Waals surface area contributed by atoms with Crippen molar-refractivity contribution in [3.8, 4) is 0 Å². The minimum absolute atomic E-state index is 0. The predicted octanol–water partition coefficient (Wildman–Crippen LogP) is 3.02. The number of nitrogens with zero attached hydrogens (tertiary/aromatic N) is 4. The van der Waals surface area contributed by atoms with E-state index in [1.54, 1.807) is 13.2 Å². The van der Waals surface area contributed by atoms with E-state index in [0.29, 0.717) is 18.2 Å². The molecule has 0 radical (unpaired) electrons. The second-order valence-corrected chi connectivity index (χ2v) is 7.93. The Balaban J connectivity index is 0.00000320. The number of hydrogen-bond acceptors (Lipinski definition) is 4. The smallest absolute Gasteiger partial charge is 0.194 e. The molecule has 3 rings (SSSR count). The van der Waals surface area contributed by atoms with Gasteiger partial charge in [0, 0.05) is 58.8 Å². The third-order valence-corrected chi connectivity index (χ3v) is 5.91. The first-order valence-electron chi connectivity index (χ1n) is 10.9. The summed E-state index contributed by atoms with van der Waals surface area (Å²) >= 11 is 0. The van der Waals surface area contributed by atoms with Crippen LogP contribution in [0.1, 0.15) is 25.8 Å². The molecule has 0 amide bonds. The molecule has 170 valence electrons. The third-order valence-electron chi connectivity index (χ3n) is 5.91. The van der Waals surface area contributed by atoms with E-state index in [-0.39, 0.29) is 29.8 Å². The molecule has 1 aromatic carbocycles. The number of rotatable bonds is 7. The maximum Gasteiger partial charge on any atom is 0.194 e. The summed E-state index contributed by atoms with van der Waals surface area (Å²) in [5.74, 6) is 1.31. The molecule has 2 aliphatic rings. The Hall–Kier alpha value is -1.13. The van der Waals surface area contributed by atoms with Gasteiger partial charge >= 0.3 is 0 Å². The van der Waals surface area contributed by atoms with E-state index in [0.717, 1.165) is 76.9 Å². The Morgan fingerprint density at radius 3 is 2.60 bits per heavy atom. The van der Waals surface area contributed by atoms with E-state index in [1.165, 1.54) is 0 Å². The van der Waals surface area contributed by atoms with Gasteiger partial charge in [0.1, 0.15) is 5.82 Å². The van der Waals surface area contributed by atoms with E-state index in [2.05, 4.69) is 33.9 Å². The van der Waals surface area contributed by atoms with Crippen molar-refractivity contribution in [1.29, 1.82) is 0 Å². The van der Waals surface area contributed by atoms with Crippen molar-refractivity contribution in [2.24, 2.45) is 10.9 Å². The van der Waals surface area contributed by atoms with Crippen molar-refractivity contribution in [3.63, 3.8) is 0 Å². The van der Waals surface area contributed by atoms with Gasteiger partial charge in [-0.3, -0.25) is 0 Å². The van der Waals surface area contributed by atoms with Gasteiger partial charge in [0.15, 0.2) is 5.96 Å². The first-order chi connectivity index (χ1) is 14.1. The minimum atomic E-state index is -0.144. The maximum absolute atomic E-state index is 14.8. The van der Waals surface area contributed by atoms with Crippen molar-refractivity contribution < 1.29 is 9.13 Å². The van der Waals surface area contributed by atoms with Gasteiger partial charge < -0.3 is 24.8 Å². The summed E-state index contributed by atoms with van der Waals surface area (Å²) in [4.78, 5) is 11.6. The average Bonchev–Trinajstić information content (AvgIpc) is 3.20. The minimum Gasteiger partial charge on any atom is -0.384 e. The number of aliphatic imine (C=N–C) groups is 1. The average molecular weight is 533 g/mol. The number of benzene rings is 1. The highest BCUT2D eigenvalue weighted by molar-refractivity contribution is 14.0. The molecular formula is C22H37FIN5O. The van der Waals surface area contributed by atoms with E-state index in [9.17, 15) is 4.39 Å². The molecule has 6 nitrogen and oxygen atoms in total. The van der Waals surface area contributed by atoms with Crippen molar-refractivity contribution in [2.75, 3.05) is 71.0 Å². The Morgan fingerprint density at radius 2 is 1.97 bits per heavy atom. The van der Waals surface area contributed by atoms with Crippen molar-refractivity contribution in [2.45, 2.75) is 26.8 Å². The van der Waals surface area contributed by atoms with Crippen LogP contribution in [0, 0.1) is 11.7 Å². The number of guanidine groups is 1. The van der Waals surface area contributed by atoms with Gasteiger partial charge in [0.2, 0.25) is 0 Å². The first kappa shape index (κ1) is 25.1. The zero-order chi connectivity index (χ0) is 20.6. The number of ether oxygens (including phenoxy) is 1. The second kappa shape index (κ2) is 12.7. The molecule has 30 heavy (non-hydrogen) atoms. The summed E-state index contributed by atoms with van der Waals surface area (Å²) in [6, 6.07) is 5.57. The molecule has 1 unspecified atom stereocenters. The highest BCUT2D eigenvalue weighted by atomic mass is 127. The molecule has 2 aliphatic heterocycles. The fraction of sp³-hybridized carbons (Fsp3) is 0.682. The summed E-state index contributed by atoms with van der Waals surface area (Å²) in [5, 5.41) is 3.37. The molecule has 0 aliphatic carbocycles. The molecule has 0 aromatic heterocycles.